The molecule has 0 saturated heterocycles. The lowest BCUT2D eigenvalue weighted by atomic mass is 9.95. The van der Waals surface area contributed by atoms with Gasteiger partial charge in [0.25, 0.3) is 5.91 Å². The summed E-state index contributed by atoms with van der Waals surface area (Å²) in [7, 11) is 3.95. The summed E-state index contributed by atoms with van der Waals surface area (Å²) >= 11 is 1.31. The monoisotopic (exact) mass is 409 g/mol. The van der Waals surface area contributed by atoms with Gasteiger partial charge in [-0.25, -0.2) is 0 Å². The largest absolute Gasteiger partial charge is 0.503 e. The van der Waals surface area contributed by atoms with Crippen LogP contribution in [0.15, 0.2) is 59.3 Å². The Kier molecular flexibility index (Phi) is 5.25. The number of H-pyrrole nitrogens is 1. The lowest BCUT2D eigenvalue weighted by Crippen LogP contribution is -2.33. The molecule has 0 saturated carbocycles. The van der Waals surface area contributed by atoms with Gasteiger partial charge in [-0.3, -0.25) is 9.59 Å². The van der Waals surface area contributed by atoms with Crippen molar-refractivity contribution in [3.8, 4) is 0 Å². The Morgan fingerprint density at radius 2 is 2.03 bits per heavy atom. The molecule has 7 heteroatoms. The van der Waals surface area contributed by atoms with Crippen LogP contribution in [0.4, 0.5) is 0 Å². The molecule has 0 radical (unpaired) electrons. The zero-order valence-electron chi connectivity index (χ0n) is 16.4. The number of amides is 1. The van der Waals surface area contributed by atoms with Crippen LogP contribution in [0.1, 0.15) is 27.7 Å². The molecule has 0 aliphatic carbocycles. The third kappa shape index (κ3) is 3.47. The molecule has 1 aliphatic rings. The Bertz CT molecular complexity index is 1080. The van der Waals surface area contributed by atoms with Crippen molar-refractivity contribution in [1.82, 2.24) is 14.8 Å². The van der Waals surface area contributed by atoms with Crippen LogP contribution >= 0.6 is 11.3 Å². The molecular weight excluding hydrogens is 386 g/mol. The Balaban J connectivity index is 1.79. The summed E-state index contributed by atoms with van der Waals surface area (Å²) < 4.78 is 0. The average Bonchev–Trinajstić information content (AvgIpc) is 3.42. The molecule has 3 aromatic rings. The molecular formula is C22H23N3O3S. The fourth-order valence-corrected chi connectivity index (χ4v) is 4.54. The SMILES string of the molecule is CN(C)CCCN1C(=O)C(O)=C(C(=O)c2cccs2)C1c1c[nH]c2ccccc12. The Labute approximate surface area is 173 Å². The van der Waals surface area contributed by atoms with Gasteiger partial charge in [-0.1, -0.05) is 24.3 Å². The van der Waals surface area contributed by atoms with E-state index in [1.54, 1.807) is 17.0 Å². The van der Waals surface area contributed by atoms with Crippen molar-refractivity contribution >= 4 is 33.9 Å². The van der Waals surface area contributed by atoms with Gasteiger partial charge in [0.1, 0.15) is 0 Å². The van der Waals surface area contributed by atoms with Gasteiger partial charge in [0.2, 0.25) is 5.78 Å². The number of thiophene rings is 1. The first kappa shape index (κ1) is 19.4. The lowest BCUT2D eigenvalue weighted by molar-refractivity contribution is -0.129. The second kappa shape index (κ2) is 7.85. The zero-order valence-corrected chi connectivity index (χ0v) is 17.2. The molecule has 1 atom stereocenters. The normalized spacial score (nSPS) is 17.1. The number of ketones is 1. The Morgan fingerprint density at radius 3 is 2.76 bits per heavy atom. The minimum Gasteiger partial charge on any atom is -0.503 e. The highest BCUT2D eigenvalue weighted by Crippen LogP contribution is 2.42. The minimum atomic E-state index is -0.615. The highest BCUT2D eigenvalue weighted by molar-refractivity contribution is 7.12. The number of aromatic nitrogens is 1. The van der Waals surface area contributed by atoms with E-state index in [9.17, 15) is 14.7 Å². The summed E-state index contributed by atoms with van der Waals surface area (Å²) in [4.78, 5) is 33.6. The molecule has 6 nitrogen and oxygen atoms in total. The maximum Gasteiger partial charge on any atom is 0.290 e. The van der Waals surface area contributed by atoms with Crippen molar-refractivity contribution in [2.75, 3.05) is 27.2 Å². The fourth-order valence-electron chi connectivity index (χ4n) is 3.86. The number of rotatable bonds is 7. The van der Waals surface area contributed by atoms with E-state index in [4.69, 9.17) is 0 Å². The van der Waals surface area contributed by atoms with Crippen molar-refractivity contribution in [3.63, 3.8) is 0 Å². The van der Waals surface area contributed by atoms with Crippen molar-refractivity contribution in [2.45, 2.75) is 12.5 Å². The first-order valence-electron chi connectivity index (χ1n) is 9.52. The lowest BCUT2D eigenvalue weighted by Gasteiger charge is -2.27. The van der Waals surface area contributed by atoms with Crippen molar-refractivity contribution < 1.29 is 14.7 Å². The Hall–Kier alpha value is -2.90. The average molecular weight is 410 g/mol. The number of para-hydroxylation sites is 1. The molecule has 2 N–H and O–H groups in total. The molecule has 1 aliphatic heterocycles. The standard InChI is InChI=1S/C22H23N3O3S/c1-24(2)10-6-11-25-19(15-13-23-16-8-4-3-7-14(15)16)18(21(27)22(25)28)20(26)17-9-5-12-29-17/h3-5,7-9,12-13,19,23,27H,6,10-11H2,1-2H3. The molecule has 3 heterocycles. The van der Waals surface area contributed by atoms with E-state index in [0.29, 0.717) is 11.4 Å². The molecule has 29 heavy (non-hydrogen) atoms. The fraction of sp³-hybridized carbons (Fsp3) is 0.273. The first-order valence-corrected chi connectivity index (χ1v) is 10.4. The topological polar surface area (TPSA) is 76.6 Å². The molecule has 0 bridgehead atoms. The summed E-state index contributed by atoms with van der Waals surface area (Å²) in [5.74, 6) is -1.22. The minimum absolute atomic E-state index is 0.159. The summed E-state index contributed by atoms with van der Waals surface area (Å²) in [6, 6.07) is 10.7. The number of fused-ring (bicyclic) bond motifs is 1. The maximum atomic E-state index is 13.2. The number of Topliss-reactive ketones (excluding diaryl/α,β-unsaturated/α-hetero) is 1. The predicted molar refractivity (Wildman–Crippen MR) is 114 cm³/mol. The molecule has 1 amide bonds. The van der Waals surface area contributed by atoms with Crippen LogP contribution in [0.3, 0.4) is 0 Å². The third-order valence-corrected chi connectivity index (χ3v) is 6.08. The van der Waals surface area contributed by atoms with Crippen LogP contribution in [0.5, 0.6) is 0 Å². The molecule has 1 aromatic carbocycles. The highest BCUT2D eigenvalue weighted by atomic mass is 32.1. The number of benzene rings is 1. The van der Waals surface area contributed by atoms with Crippen LogP contribution in [0.25, 0.3) is 10.9 Å². The van der Waals surface area contributed by atoms with E-state index in [-0.39, 0.29) is 11.4 Å². The zero-order chi connectivity index (χ0) is 20.5. The van der Waals surface area contributed by atoms with E-state index in [1.807, 2.05) is 54.8 Å². The molecule has 0 spiro atoms. The van der Waals surface area contributed by atoms with Crippen LogP contribution < -0.4 is 0 Å². The second-order valence-corrected chi connectivity index (χ2v) is 8.36. The number of hydrogen-bond donors (Lipinski definition) is 2. The Morgan fingerprint density at radius 1 is 1.24 bits per heavy atom. The molecule has 150 valence electrons. The predicted octanol–water partition coefficient (Wildman–Crippen LogP) is 3.76. The van der Waals surface area contributed by atoms with Crippen LogP contribution in [-0.4, -0.2) is 58.8 Å². The van der Waals surface area contributed by atoms with Gasteiger partial charge in [0.05, 0.1) is 16.5 Å². The van der Waals surface area contributed by atoms with E-state index in [0.717, 1.165) is 29.4 Å². The smallest absolute Gasteiger partial charge is 0.290 e. The van der Waals surface area contributed by atoms with E-state index < -0.39 is 17.7 Å². The summed E-state index contributed by atoms with van der Waals surface area (Å²) in [6.07, 6.45) is 2.58. The number of aliphatic hydroxyl groups excluding tert-OH is 1. The molecule has 4 rings (SSSR count). The van der Waals surface area contributed by atoms with Crippen LogP contribution in [-0.2, 0) is 4.79 Å². The maximum absolute atomic E-state index is 13.2. The number of hydrogen-bond acceptors (Lipinski definition) is 5. The summed E-state index contributed by atoms with van der Waals surface area (Å²) in [5.41, 5.74) is 1.91. The molecule has 2 aromatic heterocycles. The molecule has 0 fully saturated rings. The van der Waals surface area contributed by atoms with Gasteiger partial charge in [0.15, 0.2) is 5.76 Å². The van der Waals surface area contributed by atoms with Gasteiger partial charge in [0, 0.05) is 29.2 Å². The number of carbonyl (C=O) groups is 2. The number of nitrogens with one attached hydrogen (secondary N) is 1. The number of carbonyl (C=O) groups excluding carboxylic acids is 2. The summed E-state index contributed by atoms with van der Waals surface area (Å²) in [5, 5.41) is 13.5. The van der Waals surface area contributed by atoms with Crippen molar-refractivity contribution in [3.05, 3.63) is 69.7 Å². The van der Waals surface area contributed by atoms with Gasteiger partial charge in [-0.15, -0.1) is 11.3 Å². The third-order valence-electron chi connectivity index (χ3n) is 5.21. The number of nitrogens with zero attached hydrogens (tertiary/aromatic N) is 2. The van der Waals surface area contributed by atoms with Gasteiger partial charge in [-0.2, -0.15) is 0 Å². The van der Waals surface area contributed by atoms with E-state index in [1.165, 1.54) is 11.3 Å². The first-order chi connectivity index (χ1) is 14.0. The van der Waals surface area contributed by atoms with Crippen molar-refractivity contribution in [1.29, 1.82) is 0 Å². The van der Waals surface area contributed by atoms with E-state index in [2.05, 4.69) is 4.98 Å². The summed E-state index contributed by atoms with van der Waals surface area (Å²) in [6.45, 7) is 1.26. The van der Waals surface area contributed by atoms with Crippen molar-refractivity contribution in [2.24, 2.45) is 0 Å². The van der Waals surface area contributed by atoms with Crippen LogP contribution in [0, 0.1) is 0 Å². The van der Waals surface area contributed by atoms with Crippen LogP contribution in [0.2, 0.25) is 0 Å². The van der Waals surface area contributed by atoms with Gasteiger partial charge < -0.3 is 19.9 Å². The molecule has 1 unspecified atom stereocenters. The second-order valence-electron chi connectivity index (χ2n) is 7.42. The number of aromatic amines is 1. The van der Waals surface area contributed by atoms with E-state index >= 15 is 0 Å². The highest BCUT2D eigenvalue weighted by Gasteiger charge is 2.44. The number of aliphatic hydroxyl groups is 1. The van der Waals surface area contributed by atoms with Gasteiger partial charge in [-0.05, 0) is 44.6 Å². The quantitative estimate of drug-likeness (QED) is 0.583. The van der Waals surface area contributed by atoms with Gasteiger partial charge >= 0.3 is 0 Å².